The summed E-state index contributed by atoms with van der Waals surface area (Å²) in [4.78, 5) is 40.3. The van der Waals surface area contributed by atoms with E-state index in [-0.39, 0.29) is 34.6 Å². The van der Waals surface area contributed by atoms with Crippen LogP contribution in [0.25, 0.3) is 0 Å². The van der Waals surface area contributed by atoms with Crippen LogP contribution in [0.3, 0.4) is 0 Å². The average molecular weight is 333 g/mol. The maximum Gasteiger partial charge on any atom is 0.358 e. The largest absolute Gasteiger partial charge is 0.462 e. The van der Waals surface area contributed by atoms with Gasteiger partial charge in [-0.1, -0.05) is 30.3 Å². The minimum absolute atomic E-state index is 0.0235. The average Bonchev–Trinajstić information content (AvgIpc) is 3.01. The number of carbonyl (C=O) groups excluding carboxylic acids is 3. The monoisotopic (exact) mass is 333 g/mol. The van der Waals surface area contributed by atoms with Crippen molar-refractivity contribution in [2.45, 2.75) is 13.8 Å². The van der Waals surface area contributed by atoms with Crippen LogP contribution in [-0.4, -0.2) is 35.9 Å². The molecule has 0 unspecified atom stereocenters. The molecule has 0 saturated heterocycles. The molecule has 0 bridgehead atoms. The number of ether oxygens (including phenoxy) is 2. The number of aromatic nitrogens is 1. The summed E-state index contributed by atoms with van der Waals surface area (Å²) in [6, 6.07) is 8.50. The minimum atomic E-state index is -0.751. The molecule has 0 fully saturated rings. The SMILES string of the molecule is CCOC(=O)c1nc(C(=O)c2ccccc2)sc1C(=O)OCC. The lowest BCUT2D eigenvalue weighted by molar-refractivity contribution is 0.0479. The molecule has 2 rings (SSSR count). The lowest BCUT2D eigenvalue weighted by atomic mass is 10.1. The molecule has 0 atom stereocenters. The van der Waals surface area contributed by atoms with Crippen molar-refractivity contribution < 1.29 is 23.9 Å². The third-order valence-corrected chi connectivity index (χ3v) is 3.82. The van der Waals surface area contributed by atoms with Gasteiger partial charge in [0.2, 0.25) is 5.78 Å². The van der Waals surface area contributed by atoms with Crippen LogP contribution in [0, 0.1) is 0 Å². The molecule has 0 aliphatic heterocycles. The Bertz CT molecular complexity index is 688. The third kappa shape index (κ3) is 3.81. The van der Waals surface area contributed by atoms with E-state index in [0.29, 0.717) is 5.56 Å². The first-order valence-electron chi connectivity index (χ1n) is 7.03. The number of carbonyl (C=O) groups is 3. The topological polar surface area (TPSA) is 82.6 Å². The molecular weight excluding hydrogens is 318 g/mol. The van der Waals surface area contributed by atoms with Crippen molar-refractivity contribution in [1.29, 1.82) is 0 Å². The Hall–Kier alpha value is -2.54. The summed E-state index contributed by atoms with van der Waals surface area (Å²) < 4.78 is 9.79. The smallest absolute Gasteiger partial charge is 0.358 e. The van der Waals surface area contributed by atoms with Gasteiger partial charge in [-0.25, -0.2) is 14.6 Å². The Balaban J connectivity index is 2.42. The maximum absolute atomic E-state index is 12.4. The number of hydrogen-bond acceptors (Lipinski definition) is 7. The van der Waals surface area contributed by atoms with E-state index in [1.165, 1.54) is 0 Å². The normalized spacial score (nSPS) is 10.2. The van der Waals surface area contributed by atoms with Gasteiger partial charge in [-0.2, -0.15) is 0 Å². The molecule has 0 aliphatic carbocycles. The molecule has 7 heteroatoms. The standard InChI is InChI=1S/C16H15NO5S/c1-3-21-15(19)11-13(16(20)22-4-2)23-14(17-11)12(18)10-8-6-5-7-9-10/h5-9H,3-4H2,1-2H3. The van der Waals surface area contributed by atoms with E-state index >= 15 is 0 Å². The van der Waals surface area contributed by atoms with E-state index in [1.54, 1.807) is 44.2 Å². The van der Waals surface area contributed by atoms with Crippen molar-refractivity contribution in [3.8, 4) is 0 Å². The Kier molecular flexibility index (Phi) is 5.59. The number of thiazole rings is 1. The molecular formula is C16H15NO5S. The summed E-state index contributed by atoms with van der Waals surface area (Å²) in [5, 5.41) is 0.0438. The first kappa shape index (κ1) is 16.8. The van der Waals surface area contributed by atoms with Crippen LogP contribution in [0.1, 0.15) is 49.4 Å². The van der Waals surface area contributed by atoms with Gasteiger partial charge in [0.05, 0.1) is 13.2 Å². The molecule has 1 heterocycles. The van der Waals surface area contributed by atoms with Crippen LogP contribution in [0.15, 0.2) is 30.3 Å². The van der Waals surface area contributed by atoms with Gasteiger partial charge in [0.15, 0.2) is 10.7 Å². The van der Waals surface area contributed by atoms with Gasteiger partial charge in [-0.15, -0.1) is 11.3 Å². The van der Waals surface area contributed by atoms with Crippen LogP contribution in [-0.2, 0) is 9.47 Å². The molecule has 6 nitrogen and oxygen atoms in total. The molecule has 1 aromatic carbocycles. The summed E-state index contributed by atoms with van der Waals surface area (Å²) in [7, 11) is 0. The predicted octanol–water partition coefficient (Wildman–Crippen LogP) is 2.73. The molecule has 23 heavy (non-hydrogen) atoms. The van der Waals surface area contributed by atoms with E-state index in [9.17, 15) is 14.4 Å². The number of ketones is 1. The number of nitrogens with zero attached hydrogens (tertiary/aromatic N) is 1. The lowest BCUT2D eigenvalue weighted by Gasteiger charge is -2.01. The molecule has 0 saturated carbocycles. The summed E-state index contributed by atoms with van der Waals surface area (Å²) >= 11 is 0.829. The van der Waals surface area contributed by atoms with Gasteiger partial charge in [-0.05, 0) is 13.8 Å². The van der Waals surface area contributed by atoms with Gasteiger partial charge in [0.1, 0.15) is 4.88 Å². The zero-order valence-electron chi connectivity index (χ0n) is 12.7. The Morgan fingerprint density at radius 1 is 1.00 bits per heavy atom. The van der Waals surface area contributed by atoms with Crippen molar-refractivity contribution in [2.75, 3.05) is 13.2 Å². The van der Waals surface area contributed by atoms with Crippen LogP contribution < -0.4 is 0 Å². The van der Waals surface area contributed by atoms with Gasteiger partial charge in [-0.3, -0.25) is 4.79 Å². The highest BCUT2D eigenvalue weighted by Crippen LogP contribution is 2.23. The second kappa shape index (κ2) is 7.64. The molecule has 0 amide bonds. The zero-order valence-corrected chi connectivity index (χ0v) is 13.5. The summed E-state index contributed by atoms with van der Waals surface area (Å²) in [6.07, 6.45) is 0. The Morgan fingerprint density at radius 3 is 2.22 bits per heavy atom. The fourth-order valence-electron chi connectivity index (χ4n) is 1.80. The second-order valence-corrected chi connectivity index (χ2v) is 5.33. The highest BCUT2D eigenvalue weighted by Gasteiger charge is 2.28. The van der Waals surface area contributed by atoms with Crippen molar-refractivity contribution >= 4 is 29.1 Å². The van der Waals surface area contributed by atoms with E-state index in [0.717, 1.165) is 11.3 Å². The fourth-order valence-corrected chi connectivity index (χ4v) is 2.71. The van der Waals surface area contributed by atoms with Crippen LogP contribution in [0.2, 0.25) is 0 Å². The molecule has 0 spiro atoms. The van der Waals surface area contributed by atoms with Crippen molar-refractivity contribution in [3.05, 3.63) is 51.5 Å². The molecule has 0 N–H and O–H groups in total. The molecule has 2 aromatic rings. The minimum Gasteiger partial charge on any atom is -0.462 e. The van der Waals surface area contributed by atoms with E-state index in [4.69, 9.17) is 9.47 Å². The Labute approximate surface area is 137 Å². The van der Waals surface area contributed by atoms with Crippen molar-refractivity contribution in [3.63, 3.8) is 0 Å². The second-order valence-electron chi connectivity index (χ2n) is 4.33. The fraction of sp³-hybridized carbons (Fsp3) is 0.250. The van der Waals surface area contributed by atoms with Crippen molar-refractivity contribution in [1.82, 2.24) is 4.98 Å². The van der Waals surface area contributed by atoms with Crippen LogP contribution in [0.4, 0.5) is 0 Å². The predicted molar refractivity (Wildman–Crippen MR) is 83.9 cm³/mol. The number of rotatable bonds is 6. The van der Waals surface area contributed by atoms with E-state index in [1.807, 2.05) is 0 Å². The quantitative estimate of drug-likeness (QED) is 0.597. The third-order valence-electron chi connectivity index (χ3n) is 2.79. The first-order valence-corrected chi connectivity index (χ1v) is 7.84. The molecule has 0 radical (unpaired) electrons. The van der Waals surface area contributed by atoms with E-state index in [2.05, 4.69) is 4.98 Å². The van der Waals surface area contributed by atoms with Crippen LogP contribution in [0.5, 0.6) is 0 Å². The summed E-state index contributed by atoms with van der Waals surface area (Å²) in [6.45, 7) is 3.59. The highest BCUT2D eigenvalue weighted by atomic mass is 32.1. The maximum atomic E-state index is 12.4. The Morgan fingerprint density at radius 2 is 1.61 bits per heavy atom. The molecule has 1 aromatic heterocycles. The van der Waals surface area contributed by atoms with Gasteiger partial charge >= 0.3 is 11.9 Å². The number of hydrogen-bond donors (Lipinski definition) is 0. The lowest BCUT2D eigenvalue weighted by Crippen LogP contribution is -2.12. The first-order chi connectivity index (χ1) is 11.1. The van der Waals surface area contributed by atoms with E-state index < -0.39 is 11.9 Å². The number of esters is 2. The van der Waals surface area contributed by atoms with Gasteiger partial charge < -0.3 is 9.47 Å². The molecule has 0 aliphatic rings. The van der Waals surface area contributed by atoms with Crippen molar-refractivity contribution in [2.24, 2.45) is 0 Å². The molecule has 120 valence electrons. The van der Waals surface area contributed by atoms with Gasteiger partial charge in [0.25, 0.3) is 0 Å². The summed E-state index contributed by atoms with van der Waals surface area (Å²) in [5.41, 5.74) is 0.238. The van der Waals surface area contributed by atoms with Crippen LogP contribution >= 0.6 is 11.3 Å². The zero-order chi connectivity index (χ0) is 16.8. The summed E-state index contributed by atoms with van der Waals surface area (Å²) in [5.74, 6) is -1.81. The highest BCUT2D eigenvalue weighted by molar-refractivity contribution is 7.16. The van der Waals surface area contributed by atoms with Gasteiger partial charge in [0, 0.05) is 5.56 Å². The number of benzene rings is 1.